The van der Waals surface area contributed by atoms with E-state index in [1.807, 2.05) is 39.8 Å². The molecule has 0 aromatic carbocycles. The Morgan fingerprint density at radius 1 is 1.38 bits per heavy atom. The van der Waals surface area contributed by atoms with Gasteiger partial charge < -0.3 is 4.74 Å². The van der Waals surface area contributed by atoms with E-state index in [1.54, 1.807) is 7.11 Å². The number of methoxy groups -OCH3 is 1. The van der Waals surface area contributed by atoms with Crippen LogP contribution in [0.4, 0.5) is 0 Å². The molecule has 2 nitrogen and oxygen atoms in total. The van der Waals surface area contributed by atoms with Crippen molar-refractivity contribution in [1.82, 2.24) is 0 Å². The van der Waals surface area contributed by atoms with Crippen LogP contribution in [-0.2, 0) is 4.74 Å². The van der Waals surface area contributed by atoms with Crippen LogP contribution in [-0.4, -0.2) is 13.8 Å². The van der Waals surface area contributed by atoms with Gasteiger partial charge in [0.1, 0.15) is 5.76 Å². The average Bonchev–Trinajstić information content (AvgIpc) is 2.32. The van der Waals surface area contributed by atoms with E-state index in [4.69, 9.17) is 4.74 Å². The first-order chi connectivity index (χ1) is 7.69. The maximum absolute atomic E-state index is 5.23. The number of hydrogen-bond donors (Lipinski definition) is 0. The van der Waals surface area contributed by atoms with E-state index in [-0.39, 0.29) is 0 Å². The van der Waals surface area contributed by atoms with Crippen LogP contribution in [0, 0.1) is 0 Å². The molecule has 0 unspecified atom stereocenters. The molecule has 0 rings (SSSR count). The first kappa shape index (κ1) is 17.1. The monoisotopic (exact) mass is 223 g/mol. The lowest BCUT2D eigenvalue weighted by Crippen LogP contribution is -1.90. The molecule has 0 aliphatic rings. The van der Waals surface area contributed by atoms with Gasteiger partial charge in [0.25, 0.3) is 0 Å². The van der Waals surface area contributed by atoms with E-state index in [0.717, 1.165) is 17.9 Å². The number of hydrogen-bond acceptors (Lipinski definition) is 2. The van der Waals surface area contributed by atoms with Crippen LogP contribution in [0.1, 0.15) is 41.0 Å². The average molecular weight is 223 g/mol. The van der Waals surface area contributed by atoms with Crippen LogP contribution >= 0.6 is 0 Å². The fourth-order valence-corrected chi connectivity index (χ4v) is 1.14. The fourth-order valence-electron chi connectivity index (χ4n) is 1.14. The molecular formula is C14H25NO. The van der Waals surface area contributed by atoms with Crippen molar-refractivity contribution in [3.63, 3.8) is 0 Å². The van der Waals surface area contributed by atoms with Crippen LogP contribution in [0.2, 0.25) is 0 Å². The molecule has 0 atom stereocenters. The standard InChI is InChI=1S/C12H19NO.C2H6/c1-6-8-10(3)9-12(14-5)11(7-2)13-4;1-2/h7-9H,4,6H2,1-3,5H3;1-2H3/b10-8-,11-7+,12-9+;. The van der Waals surface area contributed by atoms with Crippen molar-refractivity contribution in [1.29, 1.82) is 0 Å². The summed E-state index contributed by atoms with van der Waals surface area (Å²) in [7, 11) is 1.64. The van der Waals surface area contributed by atoms with Crippen molar-refractivity contribution < 1.29 is 4.74 Å². The molecule has 0 aliphatic carbocycles. The summed E-state index contributed by atoms with van der Waals surface area (Å²) in [6.07, 6.45) is 7.00. The summed E-state index contributed by atoms with van der Waals surface area (Å²) in [5.74, 6) is 0.754. The summed E-state index contributed by atoms with van der Waals surface area (Å²) in [6.45, 7) is 13.6. The molecule has 0 saturated heterocycles. The van der Waals surface area contributed by atoms with Crippen LogP contribution in [0.3, 0.4) is 0 Å². The van der Waals surface area contributed by atoms with Crippen LogP contribution in [0.15, 0.2) is 40.2 Å². The minimum Gasteiger partial charge on any atom is -0.494 e. The Morgan fingerprint density at radius 3 is 2.25 bits per heavy atom. The first-order valence-electron chi connectivity index (χ1n) is 5.75. The van der Waals surface area contributed by atoms with E-state index in [1.165, 1.54) is 5.57 Å². The van der Waals surface area contributed by atoms with Gasteiger partial charge in [-0.1, -0.05) is 38.5 Å². The Balaban J connectivity index is 0. The van der Waals surface area contributed by atoms with Gasteiger partial charge in [-0.3, -0.25) is 4.99 Å². The molecule has 0 amide bonds. The largest absolute Gasteiger partial charge is 0.494 e. The van der Waals surface area contributed by atoms with Crippen molar-refractivity contribution in [3.05, 3.63) is 35.3 Å². The molecule has 0 heterocycles. The minimum absolute atomic E-state index is 0.754. The maximum Gasteiger partial charge on any atom is 0.144 e. The molecular weight excluding hydrogens is 198 g/mol. The van der Waals surface area contributed by atoms with Crippen LogP contribution < -0.4 is 0 Å². The molecule has 16 heavy (non-hydrogen) atoms. The number of rotatable bonds is 5. The van der Waals surface area contributed by atoms with E-state index < -0.39 is 0 Å². The van der Waals surface area contributed by atoms with Gasteiger partial charge in [-0.2, -0.15) is 0 Å². The summed E-state index contributed by atoms with van der Waals surface area (Å²) < 4.78 is 5.23. The van der Waals surface area contributed by atoms with Gasteiger partial charge in [0, 0.05) is 0 Å². The van der Waals surface area contributed by atoms with Gasteiger partial charge in [-0.05, 0) is 33.1 Å². The molecule has 0 N–H and O–H groups in total. The summed E-state index contributed by atoms with van der Waals surface area (Å²) in [5, 5.41) is 0. The highest BCUT2D eigenvalue weighted by atomic mass is 16.5. The molecule has 0 saturated carbocycles. The van der Waals surface area contributed by atoms with E-state index in [2.05, 4.69) is 24.7 Å². The van der Waals surface area contributed by atoms with Crippen LogP contribution in [0.25, 0.3) is 0 Å². The third-order valence-electron chi connectivity index (χ3n) is 1.80. The quantitative estimate of drug-likeness (QED) is 0.382. The summed E-state index contributed by atoms with van der Waals surface area (Å²) in [6, 6.07) is 0. The predicted octanol–water partition coefficient (Wildman–Crippen LogP) is 4.50. The Morgan fingerprint density at radius 2 is 1.94 bits per heavy atom. The minimum atomic E-state index is 0.754. The molecule has 0 bridgehead atoms. The molecule has 0 aliphatic heterocycles. The predicted molar refractivity (Wildman–Crippen MR) is 73.8 cm³/mol. The first-order valence-corrected chi connectivity index (χ1v) is 5.75. The zero-order chi connectivity index (χ0) is 13.0. The normalized spacial score (nSPS) is 12.8. The van der Waals surface area contributed by atoms with Crippen molar-refractivity contribution in [3.8, 4) is 0 Å². The van der Waals surface area contributed by atoms with Crippen molar-refractivity contribution in [2.75, 3.05) is 7.11 Å². The fraction of sp³-hybridized carbons (Fsp3) is 0.500. The lowest BCUT2D eigenvalue weighted by atomic mass is 10.2. The molecule has 0 spiro atoms. The highest BCUT2D eigenvalue weighted by Crippen LogP contribution is 2.14. The highest BCUT2D eigenvalue weighted by molar-refractivity contribution is 5.38. The zero-order valence-electron chi connectivity index (χ0n) is 11.5. The smallest absolute Gasteiger partial charge is 0.144 e. The number of ether oxygens (including phenoxy) is 1. The molecule has 2 heteroatoms. The van der Waals surface area contributed by atoms with Gasteiger partial charge in [-0.15, -0.1) is 0 Å². The summed E-state index contributed by atoms with van der Waals surface area (Å²) >= 11 is 0. The molecule has 0 radical (unpaired) electrons. The van der Waals surface area contributed by atoms with Crippen molar-refractivity contribution in [2.45, 2.75) is 41.0 Å². The summed E-state index contributed by atoms with van der Waals surface area (Å²) in [5.41, 5.74) is 1.95. The van der Waals surface area contributed by atoms with Gasteiger partial charge in [0.05, 0.1) is 12.8 Å². The topological polar surface area (TPSA) is 21.6 Å². The van der Waals surface area contributed by atoms with Crippen LogP contribution in [0.5, 0.6) is 0 Å². The highest BCUT2D eigenvalue weighted by Gasteiger charge is 2.00. The maximum atomic E-state index is 5.23. The number of nitrogens with zero attached hydrogens (tertiary/aromatic N) is 1. The Labute approximate surface area is 100 Å². The van der Waals surface area contributed by atoms with Crippen molar-refractivity contribution >= 4 is 6.72 Å². The second kappa shape index (κ2) is 11.8. The summed E-state index contributed by atoms with van der Waals surface area (Å²) in [4.78, 5) is 3.88. The van der Waals surface area contributed by atoms with E-state index in [0.29, 0.717) is 0 Å². The Kier molecular flexibility index (Phi) is 12.6. The molecule has 92 valence electrons. The zero-order valence-corrected chi connectivity index (χ0v) is 11.5. The number of aliphatic imine (C=N–C) groups is 1. The van der Waals surface area contributed by atoms with Gasteiger partial charge in [0.15, 0.2) is 0 Å². The van der Waals surface area contributed by atoms with Gasteiger partial charge in [0.2, 0.25) is 0 Å². The lowest BCUT2D eigenvalue weighted by Gasteiger charge is -2.05. The number of allylic oxidation sites excluding steroid dienone is 4. The Hall–Kier alpha value is -1.31. The SMILES string of the molecule is C=NC(=C/C)/C(=C\C(C)=C/CC)OC.CC. The lowest BCUT2D eigenvalue weighted by molar-refractivity contribution is 0.300. The van der Waals surface area contributed by atoms with E-state index >= 15 is 0 Å². The molecule has 0 fully saturated rings. The molecule has 0 aromatic heterocycles. The second-order valence-electron chi connectivity index (χ2n) is 2.90. The third kappa shape index (κ3) is 7.04. The van der Waals surface area contributed by atoms with Gasteiger partial charge in [-0.25, -0.2) is 0 Å². The second-order valence-corrected chi connectivity index (χ2v) is 2.90. The Bertz CT molecular complexity index is 272. The van der Waals surface area contributed by atoms with Gasteiger partial charge >= 0.3 is 0 Å². The third-order valence-corrected chi connectivity index (χ3v) is 1.80. The van der Waals surface area contributed by atoms with Crippen molar-refractivity contribution in [2.24, 2.45) is 4.99 Å². The molecule has 0 aromatic rings. The van der Waals surface area contributed by atoms with E-state index in [9.17, 15) is 0 Å².